The number of hydrogen-bond donors (Lipinski definition) is 2. The first-order chi connectivity index (χ1) is 8.72. The summed E-state index contributed by atoms with van der Waals surface area (Å²) in [7, 11) is 3.71. The number of ether oxygens (including phenoxy) is 1. The molecule has 2 N–H and O–H groups in total. The van der Waals surface area contributed by atoms with Gasteiger partial charge < -0.3 is 20.3 Å². The Morgan fingerprint density at radius 3 is 3.00 bits per heavy atom. The molecule has 0 atom stereocenters. The maximum Gasteiger partial charge on any atom is 0.264 e. The van der Waals surface area contributed by atoms with Crippen molar-refractivity contribution < 1.29 is 9.53 Å². The zero-order valence-corrected chi connectivity index (χ0v) is 10.8. The lowest BCUT2D eigenvalue weighted by molar-refractivity contribution is -0.120. The van der Waals surface area contributed by atoms with Crippen LogP contribution < -0.4 is 20.3 Å². The van der Waals surface area contributed by atoms with Gasteiger partial charge in [-0.25, -0.2) is 0 Å². The van der Waals surface area contributed by atoms with Crippen LogP contribution in [-0.2, 0) is 11.3 Å². The summed E-state index contributed by atoms with van der Waals surface area (Å²) in [5.41, 5.74) is 1.99. The molecule has 0 spiro atoms. The summed E-state index contributed by atoms with van der Waals surface area (Å²) in [6.45, 7) is 2.77. The number of amides is 1. The Bertz CT molecular complexity index is 434. The Labute approximate surface area is 107 Å². The van der Waals surface area contributed by atoms with Crippen LogP contribution in [0.3, 0.4) is 0 Å². The van der Waals surface area contributed by atoms with Crippen LogP contribution in [0.5, 0.6) is 5.75 Å². The van der Waals surface area contributed by atoms with Gasteiger partial charge in [-0.2, -0.15) is 0 Å². The van der Waals surface area contributed by atoms with Crippen molar-refractivity contribution in [2.24, 2.45) is 0 Å². The summed E-state index contributed by atoms with van der Waals surface area (Å²) >= 11 is 0. The highest BCUT2D eigenvalue weighted by Crippen LogP contribution is 2.31. The second kappa shape index (κ2) is 5.84. The number of anilines is 1. The van der Waals surface area contributed by atoms with Crippen molar-refractivity contribution in [2.45, 2.75) is 6.54 Å². The molecular formula is C13H19N3O2. The number of hydrogen-bond acceptors (Lipinski definition) is 4. The van der Waals surface area contributed by atoms with E-state index in [9.17, 15) is 4.79 Å². The van der Waals surface area contributed by atoms with E-state index >= 15 is 0 Å². The lowest BCUT2D eigenvalue weighted by Crippen LogP contribution is -2.35. The molecule has 0 aliphatic carbocycles. The lowest BCUT2D eigenvalue weighted by Gasteiger charge is -2.26. The van der Waals surface area contributed by atoms with Gasteiger partial charge in [-0.3, -0.25) is 4.79 Å². The summed E-state index contributed by atoms with van der Waals surface area (Å²) in [5, 5.41) is 6.41. The molecule has 2 rings (SSSR count). The predicted octanol–water partition coefficient (Wildman–Crippen LogP) is 0.351. The Hall–Kier alpha value is -1.59. The van der Waals surface area contributed by atoms with Gasteiger partial charge in [0.05, 0.1) is 5.69 Å². The molecule has 1 amide bonds. The lowest BCUT2D eigenvalue weighted by atomic mass is 10.1. The van der Waals surface area contributed by atoms with Crippen molar-refractivity contribution in [3.8, 4) is 5.75 Å². The Morgan fingerprint density at radius 1 is 1.39 bits per heavy atom. The summed E-state index contributed by atoms with van der Waals surface area (Å²) in [4.78, 5) is 13.2. The first kappa shape index (κ1) is 12.9. The van der Waals surface area contributed by atoms with E-state index in [1.807, 2.05) is 25.2 Å². The highest BCUT2D eigenvalue weighted by Gasteiger charge is 2.21. The van der Waals surface area contributed by atoms with Crippen molar-refractivity contribution in [3.63, 3.8) is 0 Å². The molecule has 1 aromatic carbocycles. The molecule has 0 aromatic heterocycles. The maximum atomic E-state index is 11.5. The van der Waals surface area contributed by atoms with Crippen molar-refractivity contribution in [1.82, 2.24) is 10.6 Å². The second-order valence-corrected chi connectivity index (χ2v) is 4.32. The molecule has 18 heavy (non-hydrogen) atoms. The van der Waals surface area contributed by atoms with Gasteiger partial charge >= 0.3 is 0 Å². The summed E-state index contributed by atoms with van der Waals surface area (Å²) in [6.07, 6.45) is 0. The first-order valence-electron chi connectivity index (χ1n) is 6.10. The van der Waals surface area contributed by atoms with Gasteiger partial charge in [-0.15, -0.1) is 0 Å². The van der Waals surface area contributed by atoms with Crippen LogP contribution in [0.4, 0.5) is 5.69 Å². The van der Waals surface area contributed by atoms with Crippen LogP contribution in [0.2, 0.25) is 0 Å². The fraction of sp³-hybridized carbons (Fsp3) is 0.462. The Balaban J connectivity index is 2.04. The SMILES string of the molecule is CNCCNCc1ccc2c(c1)N(C)C(=O)CO2. The number of carbonyl (C=O) groups excluding carboxylic acids is 1. The van der Waals surface area contributed by atoms with E-state index in [1.165, 1.54) is 0 Å². The van der Waals surface area contributed by atoms with E-state index in [2.05, 4.69) is 10.6 Å². The average Bonchev–Trinajstić information content (AvgIpc) is 2.39. The Kier molecular flexibility index (Phi) is 4.17. The van der Waals surface area contributed by atoms with Crippen LogP contribution >= 0.6 is 0 Å². The number of nitrogens with zero attached hydrogens (tertiary/aromatic N) is 1. The first-order valence-corrected chi connectivity index (χ1v) is 6.10. The summed E-state index contributed by atoms with van der Waals surface area (Å²) in [6, 6.07) is 5.95. The standard InChI is InChI=1S/C13H19N3O2/c1-14-5-6-15-8-10-3-4-12-11(7-10)16(2)13(17)9-18-12/h3-4,7,14-15H,5-6,8-9H2,1-2H3. The number of likely N-dealkylation sites (N-methyl/N-ethyl adjacent to an activating group) is 2. The molecule has 0 bridgehead atoms. The molecule has 1 aliphatic heterocycles. The van der Waals surface area contributed by atoms with Gasteiger partial charge in [0, 0.05) is 26.7 Å². The van der Waals surface area contributed by atoms with Gasteiger partial charge in [-0.05, 0) is 24.7 Å². The maximum absolute atomic E-state index is 11.5. The number of rotatable bonds is 5. The number of benzene rings is 1. The molecular weight excluding hydrogens is 230 g/mol. The van der Waals surface area contributed by atoms with Crippen LogP contribution in [0, 0.1) is 0 Å². The van der Waals surface area contributed by atoms with Crippen LogP contribution in [-0.4, -0.2) is 39.7 Å². The van der Waals surface area contributed by atoms with E-state index in [-0.39, 0.29) is 12.5 Å². The molecule has 5 nitrogen and oxygen atoms in total. The quantitative estimate of drug-likeness (QED) is 0.739. The third kappa shape index (κ3) is 2.80. The molecule has 0 saturated heterocycles. The van der Waals surface area contributed by atoms with Crippen LogP contribution in [0.15, 0.2) is 18.2 Å². The van der Waals surface area contributed by atoms with E-state index in [0.29, 0.717) is 0 Å². The highest BCUT2D eigenvalue weighted by atomic mass is 16.5. The smallest absolute Gasteiger partial charge is 0.264 e. The van der Waals surface area contributed by atoms with Crippen LogP contribution in [0.25, 0.3) is 0 Å². The molecule has 1 heterocycles. The van der Waals surface area contributed by atoms with Crippen molar-refractivity contribution in [1.29, 1.82) is 0 Å². The molecule has 98 valence electrons. The van der Waals surface area contributed by atoms with E-state index in [4.69, 9.17) is 4.74 Å². The molecule has 0 radical (unpaired) electrons. The summed E-state index contributed by atoms with van der Waals surface area (Å²) in [5.74, 6) is 0.763. The van der Waals surface area contributed by atoms with Gasteiger partial charge in [0.2, 0.25) is 0 Å². The van der Waals surface area contributed by atoms with Gasteiger partial charge in [0.1, 0.15) is 5.75 Å². The molecule has 1 aliphatic rings. The van der Waals surface area contributed by atoms with Crippen molar-refractivity contribution in [2.75, 3.05) is 38.7 Å². The minimum absolute atomic E-state index is 0.0113. The minimum Gasteiger partial charge on any atom is -0.482 e. The molecule has 5 heteroatoms. The Morgan fingerprint density at radius 2 is 2.22 bits per heavy atom. The van der Waals surface area contributed by atoms with Crippen molar-refractivity contribution in [3.05, 3.63) is 23.8 Å². The van der Waals surface area contributed by atoms with Crippen LogP contribution in [0.1, 0.15) is 5.56 Å². The third-order valence-corrected chi connectivity index (χ3v) is 2.99. The zero-order valence-electron chi connectivity index (χ0n) is 10.8. The number of nitrogens with one attached hydrogen (secondary N) is 2. The molecule has 0 saturated carbocycles. The van der Waals surface area contributed by atoms with Gasteiger partial charge in [0.15, 0.2) is 6.61 Å². The zero-order chi connectivity index (χ0) is 13.0. The number of fused-ring (bicyclic) bond motifs is 1. The van der Waals surface area contributed by atoms with E-state index in [0.717, 1.165) is 36.6 Å². The third-order valence-electron chi connectivity index (χ3n) is 2.99. The summed E-state index contributed by atoms with van der Waals surface area (Å²) < 4.78 is 5.38. The molecule has 1 aromatic rings. The monoisotopic (exact) mass is 249 g/mol. The molecule has 0 fully saturated rings. The second-order valence-electron chi connectivity index (χ2n) is 4.32. The highest BCUT2D eigenvalue weighted by molar-refractivity contribution is 5.97. The average molecular weight is 249 g/mol. The normalized spacial score (nSPS) is 14.3. The fourth-order valence-corrected chi connectivity index (χ4v) is 1.87. The van der Waals surface area contributed by atoms with Gasteiger partial charge in [0.25, 0.3) is 5.91 Å². The minimum atomic E-state index is -0.0113. The van der Waals surface area contributed by atoms with Gasteiger partial charge in [-0.1, -0.05) is 6.07 Å². The fourth-order valence-electron chi connectivity index (χ4n) is 1.87. The number of carbonyl (C=O) groups is 1. The largest absolute Gasteiger partial charge is 0.482 e. The van der Waals surface area contributed by atoms with E-state index < -0.39 is 0 Å². The predicted molar refractivity (Wildman–Crippen MR) is 71.0 cm³/mol. The molecule has 0 unspecified atom stereocenters. The van der Waals surface area contributed by atoms with E-state index in [1.54, 1.807) is 11.9 Å². The topological polar surface area (TPSA) is 53.6 Å². The van der Waals surface area contributed by atoms with Crippen molar-refractivity contribution >= 4 is 11.6 Å².